The molecular weight excluding hydrogens is 483 g/mol. The maximum atomic E-state index is 13.3. The van der Waals surface area contributed by atoms with Crippen molar-refractivity contribution in [1.29, 1.82) is 0 Å². The van der Waals surface area contributed by atoms with Gasteiger partial charge >= 0.3 is 0 Å². The fraction of sp³-hybridized carbons (Fsp3) is 0.355. The Labute approximate surface area is 223 Å². The van der Waals surface area contributed by atoms with E-state index in [9.17, 15) is 14.0 Å². The van der Waals surface area contributed by atoms with Gasteiger partial charge < -0.3 is 14.8 Å². The number of Topliss-reactive ketones (excluding diaryl/α,β-unsaturated/α-hetero) is 1. The van der Waals surface area contributed by atoms with Gasteiger partial charge in [-0.2, -0.15) is 0 Å². The maximum Gasteiger partial charge on any atom is 0.234 e. The van der Waals surface area contributed by atoms with Crippen molar-refractivity contribution in [2.24, 2.45) is 5.92 Å². The number of piperidine rings is 1. The standard InChI is InChI=1S/C31H35FN2O4/c1-23-6-5-17-34(19-23)20-31(36)33-29(22-37-21-25-7-3-2-4-8-25)30(35)18-24-9-13-27(14-10-24)38-28-15-11-26(32)12-16-28/h2-4,7-16,23,29H,5-6,17-22H2,1H3,(H,33,36)/t23?,29-/m0/s1. The maximum absolute atomic E-state index is 13.3. The smallest absolute Gasteiger partial charge is 0.234 e. The van der Waals surface area contributed by atoms with E-state index >= 15 is 0 Å². The second-order valence-corrected chi connectivity index (χ2v) is 9.95. The van der Waals surface area contributed by atoms with Crippen molar-refractivity contribution in [3.05, 3.63) is 95.8 Å². The van der Waals surface area contributed by atoms with Crippen molar-refractivity contribution in [3.63, 3.8) is 0 Å². The van der Waals surface area contributed by atoms with E-state index in [0.717, 1.165) is 30.6 Å². The number of carbonyl (C=O) groups excluding carboxylic acids is 2. The fourth-order valence-electron chi connectivity index (χ4n) is 4.60. The van der Waals surface area contributed by atoms with Crippen LogP contribution in [-0.4, -0.2) is 48.9 Å². The summed E-state index contributed by atoms with van der Waals surface area (Å²) in [6, 6.07) is 21.9. The highest BCUT2D eigenvalue weighted by Gasteiger charge is 2.24. The lowest BCUT2D eigenvalue weighted by atomic mass is 10.0. The Morgan fingerprint density at radius 3 is 2.34 bits per heavy atom. The molecule has 0 saturated carbocycles. The summed E-state index contributed by atoms with van der Waals surface area (Å²) in [7, 11) is 0. The van der Waals surface area contributed by atoms with Gasteiger partial charge in [0.2, 0.25) is 5.91 Å². The van der Waals surface area contributed by atoms with Crippen LogP contribution < -0.4 is 10.1 Å². The first kappa shape index (κ1) is 27.5. The molecule has 2 atom stereocenters. The van der Waals surface area contributed by atoms with Gasteiger partial charge in [-0.1, -0.05) is 49.4 Å². The zero-order valence-corrected chi connectivity index (χ0v) is 21.8. The number of carbonyl (C=O) groups is 2. The van der Waals surface area contributed by atoms with Gasteiger partial charge in [-0.3, -0.25) is 14.5 Å². The average Bonchev–Trinajstić information content (AvgIpc) is 2.91. The minimum atomic E-state index is -0.747. The minimum Gasteiger partial charge on any atom is -0.457 e. The van der Waals surface area contributed by atoms with Crippen LogP contribution in [0.15, 0.2) is 78.9 Å². The SMILES string of the molecule is CC1CCCN(CC(=O)N[C@@H](COCc2ccccc2)C(=O)Cc2ccc(Oc3ccc(F)cc3)cc2)C1. The topological polar surface area (TPSA) is 67.9 Å². The van der Waals surface area contributed by atoms with Crippen LogP contribution in [0.2, 0.25) is 0 Å². The Morgan fingerprint density at radius 2 is 1.66 bits per heavy atom. The molecule has 1 saturated heterocycles. The Morgan fingerprint density at radius 1 is 0.974 bits per heavy atom. The lowest BCUT2D eigenvalue weighted by Gasteiger charge is -2.30. The first-order valence-corrected chi connectivity index (χ1v) is 13.1. The van der Waals surface area contributed by atoms with E-state index in [2.05, 4.69) is 17.1 Å². The van der Waals surface area contributed by atoms with Crippen LogP contribution >= 0.6 is 0 Å². The summed E-state index contributed by atoms with van der Waals surface area (Å²) in [5.41, 5.74) is 1.80. The first-order chi connectivity index (χ1) is 18.4. The quantitative estimate of drug-likeness (QED) is 0.359. The third-order valence-electron chi connectivity index (χ3n) is 6.58. The molecule has 0 spiro atoms. The molecule has 1 heterocycles. The molecule has 1 unspecified atom stereocenters. The van der Waals surface area contributed by atoms with Crippen molar-refractivity contribution in [2.45, 2.75) is 38.8 Å². The van der Waals surface area contributed by atoms with Crippen LogP contribution in [-0.2, 0) is 27.4 Å². The number of rotatable bonds is 12. The van der Waals surface area contributed by atoms with Gasteiger partial charge in [-0.05, 0) is 72.8 Å². The van der Waals surface area contributed by atoms with Gasteiger partial charge in [0.15, 0.2) is 5.78 Å². The van der Waals surface area contributed by atoms with Crippen molar-refractivity contribution in [2.75, 3.05) is 26.2 Å². The largest absolute Gasteiger partial charge is 0.457 e. The Hall–Kier alpha value is -3.55. The number of ether oxygens (including phenoxy) is 2. The average molecular weight is 519 g/mol. The van der Waals surface area contributed by atoms with Gasteiger partial charge in [0.1, 0.15) is 23.4 Å². The molecule has 1 amide bonds. The molecule has 1 aliphatic rings. The molecular formula is C31H35FN2O4. The minimum absolute atomic E-state index is 0.0988. The zero-order valence-electron chi connectivity index (χ0n) is 21.8. The zero-order chi connectivity index (χ0) is 26.7. The molecule has 0 bridgehead atoms. The Kier molecular flexibility index (Phi) is 10.0. The van der Waals surface area contributed by atoms with Gasteiger partial charge in [-0.15, -0.1) is 0 Å². The lowest BCUT2D eigenvalue weighted by Crippen LogP contribution is -2.49. The van der Waals surface area contributed by atoms with Crippen LogP contribution in [0, 0.1) is 11.7 Å². The Balaban J connectivity index is 1.35. The van der Waals surface area contributed by atoms with Crippen molar-refractivity contribution in [1.82, 2.24) is 10.2 Å². The van der Waals surface area contributed by atoms with Gasteiger partial charge in [-0.25, -0.2) is 4.39 Å². The van der Waals surface area contributed by atoms with E-state index in [1.807, 2.05) is 42.5 Å². The predicted octanol–water partition coefficient (Wildman–Crippen LogP) is 5.16. The highest BCUT2D eigenvalue weighted by molar-refractivity contribution is 5.91. The number of benzene rings is 3. The molecule has 6 nitrogen and oxygen atoms in total. The van der Waals surface area contributed by atoms with Crippen molar-refractivity contribution in [3.8, 4) is 11.5 Å². The van der Waals surface area contributed by atoms with E-state index in [-0.39, 0.29) is 37.1 Å². The van der Waals surface area contributed by atoms with E-state index < -0.39 is 6.04 Å². The molecule has 0 aliphatic carbocycles. The summed E-state index contributed by atoms with van der Waals surface area (Å²) in [6.07, 6.45) is 2.41. The van der Waals surface area contributed by atoms with Crippen molar-refractivity contribution < 1.29 is 23.5 Å². The molecule has 38 heavy (non-hydrogen) atoms. The molecule has 0 radical (unpaired) electrons. The number of likely N-dealkylation sites (tertiary alicyclic amines) is 1. The van der Waals surface area contributed by atoms with Crippen LogP contribution in [0.4, 0.5) is 4.39 Å². The molecule has 1 fully saturated rings. The van der Waals surface area contributed by atoms with Crippen LogP contribution in [0.3, 0.4) is 0 Å². The van der Waals surface area contributed by atoms with E-state index in [1.54, 1.807) is 24.3 Å². The summed E-state index contributed by atoms with van der Waals surface area (Å²) in [5, 5.41) is 2.92. The first-order valence-electron chi connectivity index (χ1n) is 13.1. The van der Waals surface area contributed by atoms with E-state index in [1.165, 1.54) is 18.6 Å². The third kappa shape index (κ3) is 8.78. The lowest BCUT2D eigenvalue weighted by molar-refractivity contribution is -0.130. The van der Waals surface area contributed by atoms with Crippen molar-refractivity contribution >= 4 is 11.7 Å². The molecule has 3 aromatic carbocycles. The number of hydrogen-bond acceptors (Lipinski definition) is 5. The van der Waals surface area contributed by atoms with Gasteiger partial charge in [0.05, 0.1) is 19.8 Å². The molecule has 4 rings (SSSR count). The Bertz CT molecular complexity index is 1170. The second-order valence-electron chi connectivity index (χ2n) is 9.95. The van der Waals surface area contributed by atoms with Crippen LogP contribution in [0.25, 0.3) is 0 Å². The van der Waals surface area contributed by atoms with E-state index in [0.29, 0.717) is 24.0 Å². The van der Waals surface area contributed by atoms with Gasteiger partial charge in [0.25, 0.3) is 0 Å². The number of nitrogens with one attached hydrogen (secondary N) is 1. The summed E-state index contributed by atoms with van der Waals surface area (Å²) < 4.78 is 24.7. The third-order valence-corrected chi connectivity index (χ3v) is 6.58. The number of hydrogen-bond donors (Lipinski definition) is 1. The highest BCUT2D eigenvalue weighted by atomic mass is 19.1. The summed E-state index contributed by atoms with van der Waals surface area (Å²) >= 11 is 0. The van der Waals surface area contributed by atoms with Crippen LogP contribution in [0.5, 0.6) is 11.5 Å². The van der Waals surface area contributed by atoms with E-state index in [4.69, 9.17) is 9.47 Å². The molecule has 1 aliphatic heterocycles. The predicted molar refractivity (Wildman–Crippen MR) is 144 cm³/mol. The highest BCUT2D eigenvalue weighted by Crippen LogP contribution is 2.22. The normalized spacial score (nSPS) is 16.5. The molecule has 7 heteroatoms. The number of halogens is 1. The second kappa shape index (κ2) is 13.8. The number of amides is 1. The summed E-state index contributed by atoms with van der Waals surface area (Å²) in [6.45, 7) is 4.73. The van der Waals surface area contributed by atoms with Crippen LogP contribution in [0.1, 0.15) is 30.9 Å². The molecule has 1 N–H and O–H groups in total. The number of ketones is 1. The summed E-state index contributed by atoms with van der Waals surface area (Å²) in [5.74, 6) is 1.06. The summed E-state index contributed by atoms with van der Waals surface area (Å²) in [4.78, 5) is 28.3. The van der Waals surface area contributed by atoms with Gasteiger partial charge in [0, 0.05) is 13.0 Å². The fourth-order valence-corrected chi connectivity index (χ4v) is 4.60. The number of nitrogens with zero attached hydrogens (tertiary/aromatic N) is 1. The molecule has 200 valence electrons. The molecule has 3 aromatic rings. The molecule has 0 aromatic heterocycles. The monoisotopic (exact) mass is 518 g/mol.